The van der Waals surface area contributed by atoms with Crippen LogP contribution in [-0.2, 0) is 0 Å². The first-order valence-electron chi connectivity index (χ1n) is 11.0. The summed E-state index contributed by atoms with van der Waals surface area (Å²) in [5.74, 6) is -0.195. The summed E-state index contributed by atoms with van der Waals surface area (Å²) >= 11 is 0. The number of aryl methyl sites for hydroxylation is 1. The summed E-state index contributed by atoms with van der Waals surface area (Å²) in [6.07, 6.45) is 4.49. The van der Waals surface area contributed by atoms with Crippen LogP contribution >= 0.6 is 0 Å². The molecule has 0 bridgehead atoms. The van der Waals surface area contributed by atoms with E-state index < -0.39 is 5.91 Å². The Morgan fingerprint density at radius 2 is 1.81 bits per heavy atom. The van der Waals surface area contributed by atoms with E-state index in [-0.39, 0.29) is 34.3 Å². The highest BCUT2D eigenvalue weighted by atomic mass is 16.3. The number of nitrogens with zero attached hydrogens (tertiary/aromatic N) is 5. The van der Waals surface area contributed by atoms with Crippen LogP contribution in [-0.4, -0.2) is 30.8 Å². The third-order valence-electron chi connectivity index (χ3n) is 5.48. The molecule has 5 rings (SSSR count). The van der Waals surface area contributed by atoms with Gasteiger partial charge < -0.3 is 10.4 Å². The molecule has 0 aliphatic rings. The first-order chi connectivity index (χ1) is 17.5. The van der Waals surface area contributed by atoms with Gasteiger partial charge in [0.25, 0.3) is 11.9 Å². The number of benzene rings is 3. The number of nitriles is 1. The van der Waals surface area contributed by atoms with Gasteiger partial charge in [0.2, 0.25) is 0 Å². The van der Waals surface area contributed by atoms with Gasteiger partial charge in [0, 0.05) is 18.1 Å². The van der Waals surface area contributed by atoms with E-state index in [0.717, 1.165) is 10.9 Å². The van der Waals surface area contributed by atoms with Gasteiger partial charge in [0.15, 0.2) is 11.6 Å². The molecule has 1 amide bonds. The maximum atomic E-state index is 13.3. The number of nitrogens with one attached hydrogen (secondary N) is 3. The second-order valence-electron chi connectivity index (χ2n) is 7.92. The highest BCUT2D eigenvalue weighted by Gasteiger charge is 2.21. The molecule has 2 aromatic heterocycles. The van der Waals surface area contributed by atoms with Crippen LogP contribution in [0.1, 0.15) is 21.5 Å². The standard InChI is InChI=1S/C26H20N8O2/c1-16-8-9-17-13-21(23(35)22(20(17)12-16)25(36)31-19-6-3-2-4-7-19)32-33-24-18(14-27)15-30-34(24)26-28-10-5-11-29-26/h2-13,15,32-33,35H,1H3,(H,31,36). The molecule has 36 heavy (non-hydrogen) atoms. The average Bonchev–Trinajstić information content (AvgIpc) is 3.31. The van der Waals surface area contributed by atoms with E-state index in [4.69, 9.17) is 0 Å². The Morgan fingerprint density at radius 1 is 1.03 bits per heavy atom. The molecule has 4 N–H and O–H groups in total. The number of aromatic nitrogens is 4. The van der Waals surface area contributed by atoms with Crippen molar-refractivity contribution in [3.05, 3.63) is 95.9 Å². The van der Waals surface area contributed by atoms with E-state index in [0.29, 0.717) is 11.1 Å². The van der Waals surface area contributed by atoms with Gasteiger partial charge in [-0.1, -0.05) is 42.0 Å². The zero-order chi connectivity index (χ0) is 25.1. The Kier molecular flexibility index (Phi) is 5.86. The largest absolute Gasteiger partial charge is 0.505 e. The van der Waals surface area contributed by atoms with Gasteiger partial charge in [-0.05, 0) is 42.0 Å². The van der Waals surface area contributed by atoms with Gasteiger partial charge in [0.05, 0.1) is 17.4 Å². The third kappa shape index (κ3) is 4.24. The van der Waals surface area contributed by atoms with E-state index in [1.807, 2.05) is 43.3 Å². The van der Waals surface area contributed by atoms with Crippen molar-refractivity contribution in [2.45, 2.75) is 6.92 Å². The molecule has 10 nitrogen and oxygen atoms in total. The van der Waals surface area contributed by atoms with Crippen molar-refractivity contribution in [1.29, 1.82) is 5.26 Å². The summed E-state index contributed by atoms with van der Waals surface area (Å²) in [6, 6.07) is 20.1. The quantitative estimate of drug-likeness (QED) is 0.209. The Labute approximate surface area is 205 Å². The van der Waals surface area contributed by atoms with Crippen LogP contribution in [0, 0.1) is 18.3 Å². The van der Waals surface area contributed by atoms with E-state index in [1.165, 1.54) is 10.9 Å². The number of rotatable bonds is 6. The molecule has 0 atom stereocenters. The van der Waals surface area contributed by atoms with Crippen molar-refractivity contribution in [3.8, 4) is 17.8 Å². The van der Waals surface area contributed by atoms with E-state index >= 15 is 0 Å². The number of anilines is 3. The Balaban J connectivity index is 1.54. The minimum absolute atomic E-state index is 0.116. The summed E-state index contributed by atoms with van der Waals surface area (Å²) in [5, 5.41) is 29.1. The number of hydrazine groups is 1. The van der Waals surface area contributed by atoms with E-state index in [2.05, 4.69) is 37.3 Å². The number of hydrogen-bond donors (Lipinski definition) is 4. The second kappa shape index (κ2) is 9.44. The van der Waals surface area contributed by atoms with Crippen molar-refractivity contribution in [2.75, 3.05) is 16.2 Å². The van der Waals surface area contributed by atoms with Crippen LogP contribution in [0.3, 0.4) is 0 Å². The van der Waals surface area contributed by atoms with Gasteiger partial charge in [0.1, 0.15) is 11.6 Å². The molecule has 0 fully saturated rings. The van der Waals surface area contributed by atoms with Crippen molar-refractivity contribution in [1.82, 2.24) is 19.7 Å². The van der Waals surface area contributed by atoms with Gasteiger partial charge in [-0.25, -0.2) is 9.97 Å². The molecule has 0 aliphatic carbocycles. The number of carbonyl (C=O) groups excluding carboxylic acids is 1. The highest BCUT2D eigenvalue weighted by Crippen LogP contribution is 2.36. The smallest absolute Gasteiger partial charge is 0.260 e. The molecular formula is C26H20N8O2. The summed E-state index contributed by atoms with van der Waals surface area (Å²) in [4.78, 5) is 21.6. The summed E-state index contributed by atoms with van der Waals surface area (Å²) in [7, 11) is 0. The molecule has 0 radical (unpaired) electrons. The normalized spacial score (nSPS) is 10.6. The van der Waals surface area contributed by atoms with Crippen LogP contribution in [0.25, 0.3) is 16.7 Å². The lowest BCUT2D eigenvalue weighted by molar-refractivity contribution is 0.102. The van der Waals surface area contributed by atoms with Crippen LogP contribution in [0.2, 0.25) is 0 Å². The fourth-order valence-electron chi connectivity index (χ4n) is 3.77. The monoisotopic (exact) mass is 476 g/mol. The van der Waals surface area contributed by atoms with Crippen molar-refractivity contribution < 1.29 is 9.90 Å². The minimum Gasteiger partial charge on any atom is -0.505 e. The molecule has 5 aromatic rings. The number of aromatic hydroxyl groups is 1. The zero-order valence-electron chi connectivity index (χ0n) is 19.1. The molecule has 0 spiro atoms. The highest BCUT2D eigenvalue weighted by molar-refractivity contribution is 6.16. The maximum absolute atomic E-state index is 13.3. The zero-order valence-corrected chi connectivity index (χ0v) is 19.1. The second-order valence-corrected chi connectivity index (χ2v) is 7.92. The predicted molar refractivity (Wildman–Crippen MR) is 136 cm³/mol. The van der Waals surface area contributed by atoms with Crippen LogP contribution < -0.4 is 16.2 Å². The Morgan fingerprint density at radius 3 is 2.56 bits per heavy atom. The average molecular weight is 477 g/mol. The molecule has 3 aromatic carbocycles. The summed E-state index contributed by atoms with van der Waals surface area (Å²) in [6.45, 7) is 1.92. The Hall–Kier alpha value is -5.43. The van der Waals surface area contributed by atoms with Crippen molar-refractivity contribution in [3.63, 3.8) is 0 Å². The summed E-state index contributed by atoms with van der Waals surface area (Å²) < 4.78 is 1.36. The predicted octanol–water partition coefficient (Wildman–Crippen LogP) is 4.39. The number of amides is 1. The fraction of sp³-hybridized carbons (Fsp3) is 0.0385. The number of carbonyl (C=O) groups is 1. The molecule has 0 saturated carbocycles. The molecule has 10 heteroatoms. The number of phenolic OH excluding ortho intramolecular Hbond substituents is 1. The first kappa shape index (κ1) is 22.4. The molecule has 176 valence electrons. The Bertz CT molecular complexity index is 1610. The minimum atomic E-state index is -0.460. The third-order valence-corrected chi connectivity index (χ3v) is 5.48. The van der Waals surface area contributed by atoms with Gasteiger partial charge in [-0.3, -0.25) is 15.6 Å². The number of hydrogen-bond acceptors (Lipinski definition) is 8. The summed E-state index contributed by atoms with van der Waals surface area (Å²) in [5.41, 5.74) is 7.96. The number of fused-ring (bicyclic) bond motifs is 1. The maximum Gasteiger partial charge on any atom is 0.260 e. The number of para-hydroxylation sites is 1. The van der Waals surface area contributed by atoms with Gasteiger partial charge >= 0.3 is 0 Å². The topological polar surface area (TPSA) is 141 Å². The van der Waals surface area contributed by atoms with E-state index in [1.54, 1.807) is 36.7 Å². The van der Waals surface area contributed by atoms with E-state index in [9.17, 15) is 15.2 Å². The lowest BCUT2D eigenvalue weighted by Crippen LogP contribution is -2.17. The molecular weight excluding hydrogens is 456 g/mol. The van der Waals surface area contributed by atoms with Gasteiger partial charge in [-0.15, -0.1) is 0 Å². The molecule has 0 saturated heterocycles. The van der Waals surface area contributed by atoms with Gasteiger partial charge in [-0.2, -0.15) is 15.0 Å². The van der Waals surface area contributed by atoms with Crippen molar-refractivity contribution >= 4 is 33.9 Å². The molecule has 0 unspecified atom stereocenters. The van der Waals surface area contributed by atoms with Crippen molar-refractivity contribution in [2.24, 2.45) is 0 Å². The molecule has 2 heterocycles. The van der Waals surface area contributed by atoms with Crippen LogP contribution in [0.4, 0.5) is 17.2 Å². The molecule has 0 aliphatic heterocycles. The fourth-order valence-corrected chi connectivity index (χ4v) is 3.77. The van der Waals surface area contributed by atoms with Crippen LogP contribution in [0.15, 0.2) is 79.3 Å². The number of phenols is 1. The van der Waals surface area contributed by atoms with Crippen LogP contribution in [0.5, 0.6) is 5.75 Å². The SMILES string of the molecule is Cc1ccc2cc(NNc3c(C#N)cnn3-c3ncccn3)c(O)c(C(=O)Nc3ccccc3)c2c1. The first-order valence-corrected chi connectivity index (χ1v) is 11.0. The lowest BCUT2D eigenvalue weighted by Gasteiger charge is -2.17. The lowest BCUT2D eigenvalue weighted by atomic mass is 9.99.